The van der Waals surface area contributed by atoms with Gasteiger partial charge in [0.15, 0.2) is 17.5 Å². The van der Waals surface area contributed by atoms with Crippen molar-refractivity contribution in [1.82, 2.24) is 15.0 Å². The second-order valence-electron chi connectivity index (χ2n) is 15.2. The molecular weight excluding hydrogens is 683 g/mol. The molecule has 0 atom stereocenters. The van der Waals surface area contributed by atoms with Crippen LogP contribution in [0.15, 0.2) is 180 Å². The summed E-state index contributed by atoms with van der Waals surface area (Å²) in [5.41, 5.74) is 13.9. The molecule has 2 aromatic heterocycles. The lowest BCUT2D eigenvalue weighted by Gasteiger charge is -2.21. The van der Waals surface area contributed by atoms with Gasteiger partial charge >= 0.3 is 0 Å². The molecule has 2 heterocycles. The number of hydrogen-bond donors (Lipinski definition) is 0. The van der Waals surface area contributed by atoms with Crippen LogP contribution in [-0.4, -0.2) is 15.0 Å². The summed E-state index contributed by atoms with van der Waals surface area (Å²) in [6, 6.07) is 62.0. The summed E-state index contributed by atoms with van der Waals surface area (Å²) >= 11 is 0. The Labute approximate surface area is 324 Å². The van der Waals surface area contributed by atoms with Crippen molar-refractivity contribution in [1.29, 1.82) is 0 Å². The highest BCUT2D eigenvalue weighted by Crippen LogP contribution is 2.49. The first-order valence-electron chi connectivity index (χ1n) is 19.1. The number of nitrogens with zero attached hydrogens (tertiary/aromatic N) is 3. The maximum absolute atomic E-state index is 6.53. The molecule has 1 aliphatic rings. The summed E-state index contributed by atoms with van der Waals surface area (Å²) < 4.78 is 6.53. The van der Waals surface area contributed by atoms with Crippen molar-refractivity contribution >= 4 is 32.7 Å². The maximum atomic E-state index is 6.53. The van der Waals surface area contributed by atoms with Crippen molar-refractivity contribution in [2.45, 2.75) is 19.3 Å². The fourth-order valence-electron chi connectivity index (χ4n) is 8.62. The molecule has 0 unspecified atom stereocenters. The SMILES string of the molecule is CC1(C)c2ccccc2-c2ccc(-c3nc(-c4ccc5cc(-c6ccccc6)ccc5c4)nc(-c4cc(-c5ccccc5)cc5oc6ccccc6c45)n3)cc21. The maximum Gasteiger partial charge on any atom is 0.164 e. The van der Waals surface area contributed by atoms with E-state index in [1.807, 2.05) is 18.2 Å². The number of aromatic nitrogens is 3. The molecular formula is C52H35N3O. The van der Waals surface area contributed by atoms with Gasteiger partial charge in [0.2, 0.25) is 0 Å². The van der Waals surface area contributed by atoms with Crippen LogP contribution in [0, 0.1) is 0 Å². The zero-order chi connectivity index (χ0) is 37.4. The van der Waals surface area contributed by atoms with Crippen molar-refractivity contribution < 1.29 is 4.42 Å². The Kier molecular flexibility index (Phi) is 7.17. The van der Waals surface area contributed by atoms with Gasteiger partial charge in [-0.05, 0) is 91.7 Å². The number of fused-ring (bicyclic) bond motifs is 7. The summed E-state index contributed by atoms with van der Waals surface area (Å²) in [5.74, 6) is 1.85. The number of hydrogen-bond acceptors (Lipinski definition) is 4. The summed E-state index contributed by atoms with van der Waals surface area (Å²) in [4.78, 5) is 15.9. The minimum Gasteiger partial charge on any atom is -0.456 e. The first kappa shape index (κ1) is 32.3. The van der Waals surface area contributed by atoms with Crippen molar-refractivity contribution in [3.05, 3.63) is 187 Å². The monoisotopic (exact) mass is 717 g/mol. The molecule has 8 aromatic carbocycles. The Hall–Kier alpha value is -7.17. The van der Waals surface area contributed by atoms with Gasteiger partial charge in [0.05, 0.1) is 0 Å². The summed E-state index contributed by atoms with van der Waals surface area (Å²) in [7, 11) is 0. The van der Waals surface area contributed by atoms with E-state index in [9.17, 15) is 0 Å². The normalized spacial score (nSPS) is 13.0. The zero-order valence-electron chi connectivity index (χ0n) is 31.0. The van der Waals surface area contributed by atoms with Crippen molar-refractivity contribution in [3.63, 3.8) is 0 Å². The van der Waals surface area contributed by atoms with Gasteiger partial charge in [-0.25, -0.2) is 15.0 Å². The molecule has 11 rings (SSSR count). The van der Waals surface area contributed by atoms with Gasteiger partial charge in [-0.3, -0.25) is 0 Å². The largest absolute Gasteiger partial charge is 0.456 e. The fourth-order valence-corrected chi connectivity index (χ4v) is 8.62. The second-order valence-corrected chi connectivity index (χ2v) is 15.2. The third-order valence-electron chi connectivity index (χ3n) is 11.5. The molecule has 0 amide bonds. The number of para-hydroxylation sites is 1. The Morgan fingerprint density at radius 2 is 0.946 bits per heavy atom. The Morgan fingerprint density at radius 1 is 0.375 bits per heavy atom. The Balaban J connectivity index is 1.14. The molecule has 0 spiro atoms. The molecule has 0 saturated heterocycles. The van der Waals surface area contributed by atoms with E-state index in [0.717, 1.165) is 60.5 Å². The van der Waals surface area contributed by atoms with E-state index in [2.05, 4.69) is 172 Å². The molecule has 10 aromatic rings. The third kappa shape index (κ3) is 5.18. The lowest BCUT2D eigenvalue weighted by molar-refractivity contribution is 0.660. The van der Waals surface area contributed by atoms with Gasteiger partial charge in [0.1, 0.15) is 11.2 Å². The van der Waals surface area contributed by atoms with Crippen LogP contribution in [-0.2, 0) is 5.41 Å². The highest BCUT2D eigenvalue weighted by atomic mass is 16.3. The molecule has 264 valence electrons. The molecule has 0 bridgehead atoms. The average Bonchev–Trinajstić information content (AvgIpc) is 3.75. The van der Waals surface area contributed by atoms with Gasteiger partial charge < -0.3 is 4.42 Å². The van der Waals surface area contributed by atoms with Crippen LogP contribution in [0.3, 0.4) is 0 Å². The average molecular weight is 718 g/mol. The smallest absolute Gasteiger partial charge is 0.164 e. The first-order chi connectivity index (χ1) is 27.5. The minimum absolute atomic E-state index is 0.163. The van der Waals surface area contributed by atoms with Crippen LogP contribution in [0.4, 0.5) is 0 Å². The topological polar surface area (TPSA) is 51.8 Å². The molecule has 0 fully saturated rings. The lowest BCUT2D eigenvalue weighted by Crippen LogP contribution is -2.15. The molecule has 56 heavy (non-hydrogen) atoms. The van der Waals surface area contributed by atoms with Crippen molar-refractivity contribution in [2.24, 2.45) is 0 Å². The standard InChI is InChI=1S/C52H35N3O/c1-52(2)44-19-11-9-17-40(44)41-26-25-38(30-45(41)52)50-53-49(37-24-23-35-27-34(21-22-36(35)28-37)32-13-5-3-6-14-32)54-51(55-50)43-29-39(33-15-7-4-8-16-33)31-47-48(43)42-18-10-12-20-46(42)56-47/h3-31H,1-2H3. The van der Waals surface area contributed by atoms with E-state index in [4.69, 9.17) is 19.4 Å². The second kappa shape index (κ2) is 12.4. The van der Waals surface area contributed by atoms with Crippen LogP contribution in [0.2, 0.25) is 0 Å². The summed E-state index contributed by atoms with van der Waals surface area (Å²) in [5, 5.41) is 4.29. The highest BCUT2D eigenvalue weighted by Gasteiger charge is 2.35. The van der Waals surface area contributed by atoms with Crippen LogP contribution in [0.25, 0.3) is 100 Å². The quantitative estimate of drug-likeness (QED) is 0.178. The van der Waals surface area contributed by atoms with Crippen LogP contribution < -0.4 is 0 Å². The van der Waals surface area contributed by atoms with Crippen LogP contribution >= 0.6 is 0 Å². The Bertz CT molecular complexity index is 3160. The first-order valence-corrected chi connectivity index (χ1v) is 19.1. The molecule has 0 radical (unpaired) electrons. The van der Waals surface area contributed by atoms with Gasteiger partial charge in [-0.15, -0.1) is 0 Å². The molecule has 0 saturated carbocycles. The molecule has 1 aliphatic carbocycles. The molecule has 4 nitrogen and oxygen atoms in total. The van der Waals surface area contributed by atoms with E-state index >= 15 is 0 Å². The number of benzene rings is 8. The third-order valence-corrected chi connectivity index (χ3v) is 11.5. The van der Waals surface area contributed by atoms with Gasteiger partial charge in [-0.2, -0.15) is 0 Å². The zero-order valence-corrected chi connectivity index (χ0v) is 31.0. The molecule has 0 N–H and O–H groups in total. The molecule has 0 aliphatic heterocycles. The van der Waals surface area contributed by atoms with Crippen LogP contribution in [0.1, 0.15) is 25.0 Å². The minimum atomic E-state index is -0.163. The van der Waals surface area contributed by atoms with Crippen LogP contribution in [0.5, 0.6) is 0 Å². The fraction of sp³-hybridized carbons (Fsp3) is 0.0577. The Morgan fingerprint density at radius 3 is 1.71 bits per heavy atom. The number of furan rings is 1. The summed E-state index contributed by atoms with van der Waals surface area (Å²) in [6.45, 7) is 4.61. The van der Waals surface area contributed by atoms with E-state index in [-0.39, 0.29) is 5.41 Å². The van der Waals surface area contributed by atoms with Crippen molar-refractivity contribution in [2.75, 3.05) is 0 Å². The molecule has 4 heteroatoms. The predicted molar refractivity (Wildman–Crippen MR) is 229 cm³/mol. The predicted octanol–water partition coefficient (Wildman–Crippen LogP) is 13.6. The van der Waals surface area contributed by atoms with Crippen molar-refractivity contribution in [3.8, 4) is 67.5 Å². The summed E-state index contributed by atoms with van der Waals surface area (Å²) in [6.07, 6.45) is 0. The van der Waals surface area contributed by atoms with Gasteiger partial charge in [-0.1, -0.05) is 153 Å². The number of rotatable bonds is 5. The van der Waals surface area contributed by atoms with E-state index in [1.54, 1.807) is 0 Å². The van der Waals surface area contributed by atoms with Gasteiger partial charge in [0.25, 0.3) is 0 Å². The van der Waals surface area contributed by atoms with Gasteiger partial charge in [0, 0.05) is 32.9 Å². The van der Waals surface area contributed by atoms with E-state index in [0.29, 0.717) is 17.5 Å². The van der Waals surface area contributed by atoms with E-state index in [1.165, 1.54) is 33.4 Å². The lowest BCUT2D eigenvalue weighted by atomic mass is 9.82. The highest BCUT2D eigenvalue weighted by molar-refractivity contribution is 6.13. The van der Waals surface area contributed by atoms with E-state index < -0.39 is 0 Å².